The van der Waals surface area contributed by atoms with Gasteiger partial charge >= 0.3 is 5.97 Å². The summed E-state index contributed by atoms with van der Waals surface area (Å²) in [4.78, 5) is 11.6. The van der Waals surface area contributed by atoms with Gasteiger partial charge in [0.15, 0.2) is 0 Å². The number of hydrogen-bond acceptors (Lipinski definition) is 4. The van der Waals surface area contributed by atoms with Crippen molar-refractivity contribution in [1.82, 2.24) is 0 Å². The van der Waals surface area contributed by atoms with Crippen LogP contribution in [0.25, 0.3) is 0 Å². The summed E-state index contributed by atoms with van der Waals surface area (Å²) in [6.45, 7) is 4.59. The summed E-state index contributed by atoms with van der Waals surface area (Å²) in [6, 6.07) is 0. The zero-order valence-electron chi connectivity index (χ0n) is 12.8. The van der Waals surface area contributed by atoms with Gasteiger partial charge in [0.25, 0.3) is 0 Å². The van der Waals surface area contributed by atoms with Crippen molar-refractivity contribution < 1.29 is 24.5 Å². The fourth-order valence-electron chi connectivity index (χ4n) is 3.12. The second-order valence-electron chi connectivity index (χ2n) is 6.06. The van der Waals surface area contributed by atoms with E-state index in [9.17, 15) is 15.0 Å². The van der Waals surface area contributed by atoms with E-state index in [2.05, 4.69) is 6.92 Å². The first-order valence-corrected chi connectivity index (χ1v) is 7.45. The highest BCUT2D eigenvalue weighted by Gasteiger charge is 2.46. The molecule has 2 N–H and O–H groups in total. The Morgan fingerprint density at radius 1 is 1.45 bits per heavy atom. The van der Waals surface area contributed by atoms with Crippen LogP contribution in [0.2, 0.25) is 0 Å². The largest absolute Gasteiger partial charge is 0.481 e. The van der Waals surface area contributed by atoms with Crippen molar-refractivity contribution in [2.24, 2.45) is 11.3 Å². The van der Waals surface area contributed by atoms with E-state index in [1.54, 1.807) is 7.11 Å². The maximum absolute atomic E-state index is 11.6. The number of hydrogen-bond donors (Lipinski definition) is 2. The number of rotatable bonds is 9. The van der Waals surface area contributed by atoms with E-state index in [1.807, 2.05) is 6.92 Å². The predicted octanol–water partition coefficient (Wildman–Crippen LogP) is 2.07. The lowest BCUT2D eigenvalue weighted by molar-refractivity contribution is -0.151. The van der Waals surface area contributed by atoms with Gasteiger partial charge in [-0.2, -0.15) is 0 Å². The van der Waals surface area contributed by atoms with E-state index < -0.39 is 17.5 Å². The van der Waals surface area contributed by atoms with Gasteiger partial charge in [-0.15, -0.1) is 0 Å². The van der Waals surface area contributed by atoms with Crippen LogP contribution in [0.4, 0.5) is 0 Å². The molecular formula is C15H28O5. The van der Waals surface area contributed by atoms with Gasteiger partial charge in [-0.1, -0.05) is 13.3 Å². The molecule has 0 bridgehead atoms. The number of ether oxygens (including phenoxy) is 2. The second-order valence-corrected chi connectivity index (χ2v) is 6.06. The molecule has 0 aromatic rings. The number of aliphatic hydroxyl groups is 1. The molecule has 1 fully saturated rings. The van der Waals surface area contributed by atoms with Crippen molar-refractivity contribution in [3.63, 3.8) is 0 Å². The fourth-order valence-corrected chi connectivity index (χ4v) is 3.12. The average molecular weight is 288 g/mol. The van der Waals surface area contributed by atoms with E-state index in [0.717, 1.165) is 12.8 Å². The van der Waals surface area contributed by atoms with Crippen molar-refractivity contribution in [3.05, 3.63) is 0 Å². The Balaban J connectivity index is 2.48. The summed E-state index contributed by atoms with van der Waals surface area (Å²) in [5.41, 5.74) is -0.770. The molecule has 0 radical (unpaired) electrons. The molecule has 118 valence electrons. The Kier molecular flexibility index (Phi) is 6.92. The van der Waals surface area contributed by atoms with Crippen LogP contribution in [0.5, 0.6) is 0 Å². The molecule has 0 amide bonds. The zero-order valence-corrected chi connectivity index (χ0v) is 12.8. The molecule has 1 rings (SSSR count). The third-order valence-electron chi connectivity index (χ3n) is 4.34. The summed E-state index contributed by atoms with van der Waals surface area (Å²) < 4.78 is 10.4. The monoisotopic (exact) mass is 288 g/mol. The quantitative estimate of drug-likeness (QED) is 0.679. The Morgan fingerprint density at radius 2 is 2.15 bits per heavy atom. The molecular weight excluding hydrogens is 260 g/mol. The standard InChI is InChI=1S/C15H28O5/c1-4-12-5-6-15(7-12,14(17)18)8-13(16)10-20-11(2)9-19-3/h11-13,16H,4-10H2,1-3H3,(H,17,18). The smallest absolute Gasteiger partial charge is 0.309 e. The van der Waals surface area contributed by atoms with Gasteiger partial charge in [-0.05, 0) is 38.5 Å². The van der Waals surface area contributed by atoms with Crippen LogP contribution >= 0.6 is 0 Å². The van der Waals surface area contributed by atoms with Crippen LogP contribution in [0, 0.1) is 11.3 Å². The van der Waals surface area contributed by atoms with Crippen molar-refractivity contribution in [2.75, 3.05) is 20.3 Å². The Bertz CT molecular complexity index is 307. The number of carboxylic acid groups (broad SMARTS) is 1. The molecule has 1 aliphatic carbocycles. The van der Waals surface area contributed by atoms with E-state index in [4.69, 9.17) is 9.47 Å². The highest BCUT2D eigenvalue weighted by atomic mass is 16.5. The minimum absolute atomic E-state index is 0.0950. The van der Waals surface area contributed by atoms with Crippen LogP contribution in [-0.2, 0) is 14.3 Å². The second kappa shape index (κ2) is 7.96. The van der Waals surface area contributed by atoms with E-state index in [0.29, 0.717) is 25.4 Å². The lowest BCUT2D eigenvalue weighted by Crippen LogP contribution is -2.35. The van der Waals surface area contributed by atoms with Crippen molar-refractivity contribution in [2.45, 2.75) is 58.2 Å². The van der Waals surface area contributed by atoms with Gasteiger partial charge in [0.1, 0.15) is 0 Å². The first-order chi connectivity index (χ1) is 9.43. The van der Waals surface area contributed by atoms with Gasteiger partial charge in [-0.3, -0.25) is 4.79 Å². The Hall–Kier alpha value is -0.650. The molecule has 20 heavy (non-hydrogen) atoms. The van der Waals surface area contributed by atoms with Crippen LogP contribution in [0.1, 0.15) is 46.0 Å². The minimum Gasteiger partial charge on any atom is -0.481 e. The van der Waals surface area contributed by atoms with Crippen molar-refractivity contribution >= 4 is 5.97 Å². The summed E-state index contributed by atoms with van der Waals surface area (Å²) in [7, 11) is 1.60. The number of aliphatic hydroxyl groups excluding tert-OH is 1. The maximum atomic E-state index is 11.6. The molecule has 0 aliphatic heterocycles. The Morgan fingerprint density at radius 3 is 2.65 bits per heavy atom. The van der Waals surface area contributed by atoms with Crippen molar-refractivity contribution in [1.29, 1.82) is 0 Å². The van der Waals surface area contributed by atoms with Gasteiger partial charge < -0.3 is 19.7 Å². The number of methoxy groups -OCH3 is 1. The molecule has 4 atom stereocenters. The summed E-state index contributed by atoms with van der Waals surface area (Å²) in [5.74, 6) is -0.316. The van der Waals surface area contributed by atoms with E-state index >= 15 is 0 Å². The Labute approximate surface area is 121 Å². The molecule has 1 aliphatic rings. The number of carboxylic acids is 1. The molecule has 5 heteroatoms. The van der Waals surface area contributed by atoms with Gasteiger partial charge in [0.05, 0.1) is 30.8 Å². The lowest BCUT2D eigenvalue weighted by atomic mass is 9.80. The number of carbonyl (C=O) groups is 1. The molecule has 0 spiro atoms. The average Bonchev–Trinajstić information content (AvgIpc) is 2.81. The zero-order chi connectivity index (χ0) is 15.2. The van der Waals surface area contributed by atoms with Crippen LogP contribution in [0.15, 0.2) is 0 Å². The fraction of sp³-hybridized carbons (Fsp3) is 0.933. The third kappa shape index (κ3) is 4.72. The van der Waals surface area contributed by atoms with Gasteiger partial charge in [-0.25, -0.2) is 0 Å². The SMILES string of the molecule is CCC1CCC(CC(O)COC(C)COC)(C(=O)O)C1. The highest BCUT2D eigenvalue weighted by molar-refractivity contribution is 5.75. The molecule has 0 aromatic heterocycles. The maximum Gasteiger partial charge on any atom is 0.309 e. The topological polar surface area (TPSA) is 76.0 Å². The molecule has 4 unspecified atom stereocenters. The molecule has 1 saturated carbocycles. The highest BCUT2D eigenvalue weighted by Crippen LogP contribution is 2.46. The lowest BCUT2D eigenvalue weighted by Gasteiger charge is -2.27. The van der Waals surface area contributed by atoms with Crippen LogP contribution < -0.4 is 0 Å². The van der Waals surface area contributed by atoms with Crippen LogP contribution in [0.3, 0.4) is 0 Å². The molecule has 0 heterocycles. The van der Waals surface area contributed by atoms with Crippen molar-refractivity contribution in [3.8, 4) is 0 Å². The van der Waals surface area contributed by atoms with Crippen LogP contribution in [-0.4, -0.2) is 48.7 Å². The van der Waals surface area contributed by atoms with Gasteiger partial charge in [0, 0.05) is 7.11 Å². The molecule has 5 nitrogen and oxygen atoms in total. The van der Waals surface area contributed by atoms with Gasteiger partial charge in [0.2, 0.25) is 0 Å². The summed E-state index contributed by atoms with van der Waals surface area (Å²) >= 11 is 0. The normalized spacial score (nSPS) is 29.3. The third-order valence-corrected chi connectivity index (χ3v) is 4.34. The number of aliphatic carboxylic acids is 1. The minimum atomic E-state index is -0.780. The van der Waals surface area contributed by atoms with E-state index in [-0.39, 0.29) is 19.1 Å². The summed E-state index contributed by atoms with van der Waals surface area (Å²) in [6.07, 6.45) is 2.72. The summed E-state index contributed by atoms with van der Waals surface area (Å²) in [5, 5.41) is 19.6. The first kappa shape index (κ1) is 17.4. The molecule has 0 aromatic carbocycles. The first-order valence-electron chi connectivity index (χ1n) is 7.45. The molecule has 0 saturated heterocycles. The van der Waals surface area contributed by atoms with E-state index in [1.165, 1.54) is 0 Å². The predicted molar refractivity (Wildman–Crippen MR) is 75.6 cm³/mol.